The van der Waals surface area contributed by atoms with Crippen LogP contribution in [0.5, 0.6) is 57.5 Å². The Bertz CT molecular complexity index is 1940. The van der Waals surface area contributed by atoms with Gasteiger partial charge in [-0.25, -0.2) is 9.59 Å². The number of esters is 2. The Morgan fingerprint density at radius 2 is 0.678 bits per heavy atom. The molecule has 12 heteroatoms. The van der Waals surface area contributed by atoms with Crippen LogP contribution in [0.1, 0.15) is 77.6 Å². The van der Waals surface area contributed by atoms with Crippen LogP contribution in [0.25, 0.3) is 11.1 Å². The van der Waals surface area contributed by atoms with E-state index in [9.17, 15) is 9.59 Å². The lowest BCUT2D eigenvalue weighted by Crippen LogP contribution is -2.33. The maximum atomic E-state index is 13.1. The van der Waals surface area contributed by atoms with Gasteiger partial charge >= 0.3 is 11.9 Å². The van der Waals surface area contributed by atoms with E-state index in [2.05, 4.69) is 13.2 Å². The predicted octanol–water partition coefficient (Wildman–Crippen LogP) is 9.42. The fourth-order valence-corrected chi connectivity index (χ4v) is 7.56. The molecule has 0 radical (unpaired) electrons. The van der Waals surface area contributed by atoms with E-state index in [-0.39, 0.29) is 110 Å². The second kappa shape index (κ2) is 19.9. The van der Waals surface area contributed by atoms with Crippen molar-refractivity contribution in [2.24, 2.45) is 0 Å². The normalized spacial score (nSPS) is 12.0. The third-order valence-corrected chi connectivity index (χ3v) is 9.31. The molecule has 0 fully saturated rings. The second-order valence-electron chi connectivity index (χ2n) is 12.6. The first-order chi connectivity index (χ1) is 28.7. The van der Waals surface area contributed by atoms with Crippen molar-refractivity contribution in [2.75, 3.05) is 52.9 Å². The maximum Gasteiger partial charge on any atom is 0.335 e. The van der Waals surface area contributed by atoms with Gasteiger partial charge in [0.15, 0.2) is 23.0 Å². The number of rotatable bonds is 22. The van der Waals surface area contributed by atoms with E-state index in [0.29, 0.717) is 11.1 Å². The Labute approximate surface area is 346 Å². The number of fused-ring (bicyclic) bond motifs is 3. The van der Waals surface area contributed by atoms with Gasteiger partial charge in [-0.1, -0.05) is 61.7 Å². The van der Waals surface area contributed by atoms with E-state index in [0.717, 1.165) is 34.4 Å². The van der Waals surface area contributed by atoms with Gasteiger partial charge in [-0.05, 0) is 77.6 Å². The van der Waals surface area contributed by atoms with Gasteiger partial charge in [-0.15, -0.1) is 0 Å². The number of carbonyl (C=O) groups excluding carboxylic acids is 2. The third kappa shape index (κ3) is 7.83. The largest absolute Gasteiger partial charge is 0.489 e. The summed E-state index contributed by atoms with van der Waals surface area (Å²) in [6.07, 6.45) is 2.11. The summed E-state index contributed by atoms with van der Waals surface area (Å²) >= 11 is 0. The first kappa shape index (κ1) is 43.8. The molecule has 0 atom stereocenters. The minimum atomic E-state index is -1.52. The third-order valence-electron chi connectivity index (χ3n) is 9.31. The highest BCUT2D eigenvalue weighted by molar-refractivity contribution is 5.94. The van der Waals surface area contributed by atoms with E-state index in [1.54, 1.807) is 0 Å². The molecule has 0 aliphatic heterocycles. The maximum absolute atomic E-state index is 13.1. The van der Waals surface area contributed by atoms with Crippen LogP contribution in [-0.4, -0.2) is 64.8 Å². The summed E-state index contributed by atoms with van der Waals surface area (Å²) in [4.78, 5) is 26.2. The molecule has 59 heavy (non-hydrogen) atoms. The first-order valence-electron chi connectivity index (χ1n) is 20.1. The molecule has 0 heterocycles. The van der Waals surface area contributed by atoms with Crippen molar-refractivity contribution >= 4 is 11.9 Å². The molecule has 5 rings (SSSR count). The van der Waals surface area contributed by atoms with Crippen molar-refractivity contribution in [1.82, 2.24) is 0 Å². The number of hydrogen-bond acceptors (Lipinski definition) is 12. The Morgan fingerprint density at radius 1 is 0.424 bits per heavy atom. The summed E-state index contributed by atoms with van der Waals surface area (Å²) in [7, 11) is 0. The molecule has 0 N–H and O–H groups in total. The van der Waals surface area contributed by atoms with E-state index >= 15 is 0 Å². The zero-order valence-corrected chi connectivity index (χ0v) is 35.2. The smallest absolute Gasteiger partial charge is 0.335 e. The topological polar surface area (TPSA) is 126 Å². The summed E-state index contributed by atoms with van der Waals surface area (Å²) in [6.45, 7) is 23.1. The van der Waals surface area contributed by atoms with E-state index in [4.69, 9.17) is 47.4 Å². The lowest BCUT2D eigenvalue weighted by molar-refractivity contribution is -0.130. The van der Waals surface area contributed by atoms with Crippen LogP contribution in [0.2, 0.25) is 0 Å². The van der Waals surface area contributed by atoms with Gasteiger partial charge in [-0.3, -0.25) is 0 Å². The molecular formula is C47H54O12. The highest BCUT2D eigenvalue weighted by Gasteiger charge is 2.56. The fourth-order valence-electron chi connectivity index (χ4n) is 7.56. The number of hydrogen-bond donors (Lipinski definition) is 0. The molecule has 1 aliphatic carbocycles. The molecule has 0 unspecified atom stereocenters. The second-order valence-corrected chi connectivity index (χ2v) is 12.6. The predicted molar refractivity (Wildman–Crippen MR) is 225 cm³/mol. The van der Waals surface area contributed by atoms with Crippen LogP contribution in [-0.2, 0) is 15.0 Å². The standard InChI is InChI=1S/C47H54O12/c1-11-33(48)58-45-41(54-17-7)37(50-13-3)35(38(51-14-4)42(45)55-18-8)47(31-27-23-21-25-29(31)30-26-22-24-28-32(30)47)36-39(52-15-5)43(56-19-9)46(59-34(49)12-2)44(57-20-10)40(36)53-16-6/h11-12,21-28H,1-2,13-20H2,3-10H3. The Balaban J connectivity index is 2.28. The summed E-state index contributed by atoms with van der Waals surface area (Å²) < 4.78 is 64.7. The van der Waals surface area contributed by atoms with Gasteiger partial charge in [0.2, 0.25) is 34.5 Å². The molecule has 0 aromatic heterocycles. The van der Waals surface area contributed by atoms with Crippen molar-refractivity contribution in [3.05, 3.63) is 96.1 Å². The van der Waals surface area contributed by atoms with Crippen molar-refractivity contribution in [3.63, 3.8) is 0 Å². The Kier molecular flexibility index (Phi) is 14.8. The van der Waals surface area contributed by atoms with Crippen molar-refractivity contribution in [3.8, 4) is 68.6 Å². The quantitative estimate of drug-likeness (QED) is 0.0376. The molecule has 4 aromatic carbocycles. The van der Waals surface area contributed by atoms with Gasteiger partial charge in [0, 0.05) is 12.2 Å². The lowest BCUT2D eigenvalue weighted by Gasteiger charge is -2.39. The molecule has 314 valence electrons. The highest BCUT2D eigenvalue weighted by Crippen LogP contribution is 2.70. The van der Waals surface area contributed by atoms with Crippen LogP contribution in [0, 0.1) is 0 Å². The molecule has 0 saturated carbocycles. The van der Waals surface area contributed by atoms with Crippen molar-refractivity contribution in [2.45, 2.75) is 60.8 Å². The molecular weight excluding hydrogens is 757 g/mol. The molecule has 4 aromatic rings. The molecule has 0 bridgehead atoms. The SMILES string of the molecule is C=CC(=O)Oc1c(OCC)c(OCC)c(C2(c3c(OCC)c(OCC)c(OC(=O)C=C)c(OCC)c3OCC)c3ccccc3-c3ccccc32)c(OCC)c1OCC. The molecule has 0 spiro atoms. The Morgan fingerprint density at radius 3 is 0.932 bits per heavy atom. The van der Waals surface area contributed by atoms with Gasteiger partial charge < -0.3 is 47.4 Å². The van der Waals surface area contributed by atoms with Gasteiger partial charge in [0.1, 0.15) is 0 Å². The van der Waals surface area contributed by atoms with Gasteiger partial charge in [0.25, 0.3) is 0 Å². The zero-order valence-electron chi connectivity index (χ0n) is 35.2. The summed E-state index contributed by atoms with van der Waals surface area (Å²) in [5.74, 6) is -0.432. The molecule has 0 amide bonds. The number of ether oxygens (including phenoxy) is 10. The average molecular weight is 811 g/mol. The minimum absolute atomic E-state index is 0.0456. The van der Waals surface area contributed by atoms with E-state index in [1.807, 2.05) is 104 Å². The monoisotopic (exact) mass is 810 g/mol. The molecule has 1 aliphatic rings. The van der Waals surface area contributed by atoms with Gasteiger partial charge in [0.05, 0.1) is 69.4 Å². The summed E-state index contributed by atoms with van der Waals surface area (Å²) in [6, 6.07) is 15.9. The molecule has 12 nitrogen and oxygen atoms in total. The van der Waals surface area contributed by atoms with Crippen LogP contribution in [0.3, 0.4) is 0 Å². The molecule has 0 saturated heterocycles. The van der Waals surface area contributed by atoms with Crippen LogP contribution in [0.4, 0.5) is 0 Å². The van der Waals surface area contributed by atoms with Crippen molar-refractivity contribution < 1.29 is 57.0 Å². The number of carbonyl (C=O) groups is 2. The Hall–Kier alpha value is -6.30. The van der Waals surface area contributed by atoms with Gasteiger partial charge in [-0.2, -0.15) is 0 Å². The van der Waals surface area contributed by atoms with Crippen LogP contribution < -0.4 is 47.4 Å². The first-order valence-corrected chi connectivity index (χ1v) is 20.1. The van der Waals surface area contributed by atoms with Crippen molar-refractivity contribution in [1.29, 1.82) is 0 Å². The highest BCUT2D eigenvalue weighted by atomic mass is 16.6. The van der Waals surface area contributed by atoms with E-state index < -0.39 is 17.4 Å². The minimum Gasteiger partial charge on any atom is -0.489 e. The fraction of sp³-hybridized carbons (Fsp3) is 0.362. The zero-order chi connectivity index (χ0) is 42.7. The average Bonchev–Trinajstić information content (AvgIpc) is 3.53. The lowest BCUT2D eigenvalue weighted by atomic mass is 9.65. The van der Waals surface area contributed by atoms with E-state index in [1.165, 1.54) is 0 Å². The summed E-state index contributed by atoms with van der Waals surface area (Å²) in [5, 5.41) is 0. The number of benzene rings is 4. The van der Waals surface area contributed by atoms with Crippen LogP contribution >= 0.6 is 0 Å². The van der Waals surface area contributed by atoms with Crippen LogP contribution in [0.15, 0.2) is 73.8 Å². The summed E-state index contributed by atoms with van der Waals surface area (Å²) in [5.41, 5.74) is 2.63.